The van der Waals surface area contributed by atoms with Gasteiger partial charge < -0.3 is 15.7 Å². The molecule has 1 aromatic carbocycles. The van der Waals surface area contributed by atoms with E-state index in [1.165, 1.54) is 0 Å². The maximum absolute atomic E-state index is 11.7. The smallest absolute Gasteiger partial charge is 0.326 e. The highest BCUT2D eigenvalue weighted by atomic mass is 16.4. The number of nitrogens with zero attached hydrogens (tertiary/aromatic N) is 1. The third kappa shape index (κ3) is 2.26. The van der Waals surface area contributed by atoms with Crippen LogP contribution in [-0.2, 0) is 4.79 Å². The van der Waals surface area contributed by atoms with Gasteiger partial charge in [-0.05, 0) is 49.3 Å². The third-order valence-electron chi connectivity index (χ3n) is 4.87. The largest absolute Gasteiger partial charge is 0.480 e. The van der Waals surface area contributed by atoms with Crippen molar-refractivity contribution in [3.63, 3.8) is 0 Å². The second-order valence-electron chi connectivity index (χ2n) is 6.18. The lowest BCUT2D eigenvalue weighted by atomic mass is 9.94. The van der Waals surface area contributed by atoms with Gasteiger partial charge in [0.15, 0.2) is 0 Å². The predicted octanol–water partition coefficient (Wildman–Crippen LogP) is 1.78. The quantitative estimate of drug-likeness (QED) is 0.888. The van der Waals surface area contributed by atoms with Gasteiger partial charge >= 0.3 is 5.97 Å². The minimum Gasteiger partial charge on any atom is -0.480 e. The molecule has 0 spiro atoms. The summed E-state index contributed by atoms with van der Waals surface area (Å²) in [7, 11) is 0. The molecule has 2 fully saturated rings. The highest BCUT2D eigenvalue weighted by molar-refractivity contribution is 5.99. The van der Waals surface area contributed by atoms with Crippen LogP contribution < -0.4 is 10.6 Å². The molecule has 0 aromatic heterocycles. The summed E-state index contributed by atoms with van der Waals surface area (Å²) in [5.74, 6) is -0.719. The fourth-order valence-electron chi connectivity index (χ4n) is 3.96. The lowest BCUT2D eigenvalue weighted by Crippen LogP contribution is -2.40. The number of carboxylic acids is 1. The molecule has 1 saturated heterocycles. The van der Waals surface area contributed by atoms with Crippen LogP contribution in [0.3, 0.4) is 0 Å². The number of amides is 1. The van der Waals surface area contributed by atoms with Crippen molar-refractivity contribution in [3.05, 3.63) is 29.3 Å². The number of aliphatic carboxylic acids is 1. The van der Waals surface area contributed by atoms with Crippen LogP contribution in [0.5, 0.6) is 0 Å². The number of benzene rings is 1. The number of carbonyl (C=O) groups excluding carboxylic acids is 1. The third-order valence-corrected chi connectivity index (χ3v) is 4.87. The van der Waals surface area contributed by atoms with E-state index in [1.807, 2.05) is 24.0 Å². The standard InChI is InChI=1S/C16H20N2O3/c1-9-5-6-12(15(17)19)13(7-9)18-8-10-3-2-4-11(10)14(18)16(20)21/h5-7,10-11,14H,2-4,8H2,1H3,(H2,17,19)(H,20,21). The summed E-state index contributed by atoms with van der Waals surface area (Å²) in [4.78, 5) is 25.3. The predicted molar refractivity (Wildman–Crippen MR) is 79.3 cm³/mol. The molecule has 21 heavy (non-hydrogen) atoms. The van der Waals surface area contributed by atoms with Gasteiger partial charge in [-0.3, -0.25) is 4.79 Å². The molecule has 3 rings (SSSR count). The molecule has 2 aliphatic rings. The molecule has 0 bridgehead atoms. The first-order chi connectivity index (χ1) is 9.99. The first kappa shape index (κ1) is 13.9. The summed E-state index contributed by atoms with van der Waals surface area (Å²) in [5.41, 5.74) is 7.53. The number of anilines is 1. The SMILES string of the molecule is Cc1ccc(C(N)=O)c(N2CC3CCCC3C2C(=O)O)c1. The molecule has 112 valence electrons. The fourth-order valence-corrected chi connectivity index (χ4v) is 3.96. The monoisotopic (exact) mass is 288 g/mol. The van der Waals surface area contributed by atoms with Crippen LogP contribution in [0, 0.1) is 18.8 Å². The van der Waals surface area contributed by atoms with Crippen LogP contribution in [0.25, 0.3) is 0 Å². The number of hydrogen-bond acceptors (Lipinski definition) is 3. The molecule has 5 heteroatoms. The van der Waals surface area contributed by atoms with Crippen molar-refractivity contribution in [2.24, 2.45) is 17.6 Å². The van der Waals surface area contributed by atoms with Crippen molar-refractivity contribution in [3.8, 4) is 0 Å². The molecule has 3 atom stereocenters. The van der Waals surface area contributed by atoms with E-state index in [9.17, 15) is 14.7 Å². The second kappa shape index (κ2) is 5.06. The van der Waals surface area contributed by atoms with E-state index in [-0.39, 0.29) is 5.92 Å². The molecular formula is C16H20N2O3. The Morgan fingerprint density at radius 3 is 2.76 bits per heavy atom. The van der Waals surface area contributed by atoms with E-state index < -0.39 is 17.9 Å². The van der Waals surface area contributed by atoms with Crippen molar-refractivity contribution in [2.45, 2.75) is 32.2 Å². The number of fused-ring (bicyclic) bond motifs is 1. The average molecular weight is 288 g/mol. The van der Waals surface area contributed by atoms with Gasteiger partial charge in [-0.15, -0.1) is 0 Å². The van der Waals surface area contributed by atoms with Gasteiger partial charge in [0.1, 0.15) is 6.04 Å². The molecule has 1 aliphatic heterocycles. The maximum Gasteiger partial charge on any atom is 0.326 e. The molecule has 1 aromatic rings. The zero-order valence-electron chi connectivity index (χ0n) is 12.1. The van der Waals surface area contributed by atoms with Crippen molar-refractivity contribution < 1.29 is 14.7 Å². The minimum absolute atomic E-state index is 0.184. The zero-order chi connectivity index (χ0) is 15.1. The van der Waals surface area contributed by atoms with Crippen LogP contribution in [0.15, 0.2) is 18.2 Å². The van der Waals surface area contributed by atoms with E-state index in [2.05, 4.69) is 0 Å². The Balaban J connectivity index is 2.05. The highest BCUT2D eigenvalue weighted by Crippen LogP contribution is 2.44. The Morgan fingerprint density at radius 1 is 1.33 bits per heavy atom. The summed E-state index contributed by atoms with van der Waals surface area (Å²) in [6, 6.07) is 4.85. The van der Waals surface area contributed by atoms with E-state index in [0.29, 0.717) is 23.7 Å². The first-order valence-corrected chi connectivity index (χ1v) is 7.39. The van der Waals surface area contributed by atoms with Crippen LogP contribution in [-0.4, -0.2) is 29.6 Å². The van der Waals surface area contributed by atoms with Gasteiger partial charge in [-0.2, -0.15) is 0 Å². The molecule has 3 unspecified atom stereocenters. The maximum atomic E-state index is 11.7. The number of nitrogens with two attached hydrogens (primary N) is 1. The number of carboxylic acid groups (broad SMARTS) is 1. The van der Waals surface area contributed by atoms with Crippen molar-refractivity contribution in [1.82, 2.24) is 0 Å². The van der Waals surface area contributed by atoms with Crippen LogP contribution >= 0.6 is 0 Å². The molecular weight excluding hydrogens is 268 g/mol. The lowest BCUT2D eigenvalue weighted by Gasteiger charge is -2.28. The number of rotatable bonds is 3. The number of hydrogen-bond donors (Lipinski definition) is 2. The normalized spacial score (nSPS) is 27.7. The molecule has 1 amide bonds. The van der Waals surface area contributed by atoms with Crippen molar-refractivity contribution in [1.29, 1.82) is 0 Å². The Labute approximate surface area is 123 Å². The first-order valence-electron chi connectivity index (χ1n) is 7.39. The zero-order valence-corrected chi connectivity index (χ0v) is 12.1. The van der Waals surface area contributed by atoms with Crippen LogP contribution in [0.1, 0.15) is 35.2 Å². The molecule has 5 nitrogen and oxygen atoms in total. The minimum atomic E-state index is -0.804. The Kier molecular flexibility index (Phi) is 3.35. The van der Waals surface area contributed by atoms with E-state index in [1.54, 1.807) is 6.07 Å². The number of aryl methyl sites for hydroxylation is 1. The summed E-state index contributed by atoms with van der Waals surface area (Å²) >= 11 is 0. The molecule has 1 aliphatic carbocycles. The van der Waals surface area contributed by atoms with Crippen LogP contribution in [0.2, 0.25) is 0 Å². The molecule has 1 heterocycles. The van der Waals surface area contributed by atoms with Crippen molar-refractivity contribution >= 4 is 17.6 Å². The lowest BCUT2D eigenvalue weighted by molar-refractivity contribution is -0.139. The molecule has 3 N–H and O–H groups in total. The van der Waals surface area contributed by atoms with E-state index in [4.69, 9.17) is 5.73 Å². The van der Waals surface area contributed by atoms with Gasteiger partial charge in [0.05, 0.1) is 11.3 Å². The van der Waals surface area contributed by atoms with Gasteiger partial charge in [0, 0.05) is 6.54 Å². The summed E-state index contributed by atoms with van der Waals surface area (Å²) < 4.78 is 0. The summed E-state index contributed by atoms with van der Waals surface area (Å²) in [5, 5.41) is 9.63. The van der Waals surface area contributed by atoms with E-state index in [0.717, 1.165) is 24.8 Å². The van der Waals surface area contributed by atoms with E-state index >= 15 is 0 Å². The van der Waals surface area contributed by atoms with Gasteiger partial charge in [-0.1, -0.05) is 12.5 Å². The molecule has 1 saturated carbocycles. The number of primary amides is 1. The second-order valence-corrected chi connectivity index (χ2v) is 6.18. The summed E-state index contributed by atoms with van der Waals surface area (Å²) in [6.07, 6.45) is 3.13. The average Bonchev–Trinajstić information content (AvgIpc) is 2.96. The number of carbonyl (C=O) groups is 2. The molecule has 0 radical (unpaired) electrons. The summed E-state index contributed by atoms with van der Waals surface area (Å²) in [6.45, 7) is 2.63. The van der Waals surface area contributed by atoms with Crippen LogP contribution in [0.4, 0.5) is 5.69 Å². The highest BCUT2D eigenvalue weighted by Gasteiger charge is 2.48. The van der Waals surface area contributed by atoms with Gasteiger partial charge in [0.25, 0.3) is 5.91 Å². The van der Waals surface area contributed by atoms with Gasteiger partial charge in [-0.25, -0.2) is 4.79 Å². The topological polar surface area (TPSA) is 83.6 Å². The van der Waals surface area contributed by atoms with Gasteiger partial charge in [0.2, 0.25) is 0 Å². The van der Waals surface area contributed by atoms with Crippen molar-refractivity contribution in [2.75, 3.05) is 11.4 Å². The Bertz CT molecular complexity index is 599. The Hall–Kier alpha value is -2.04. The Morgan fingerprint density at radius 2 is 2.10 bits per heavy atom. The fraction of sp³-hybridized carbons (Fsp3) is 0.500.